The van der Waals surface area contributed by atoms with Crippen molar-refractivity contribution >= 4 is 17.6 Å². The second-order valence-corrected chi connectivity index (χ2v) is 0. The van der Waals surface area contributed by atoms with E-state index in [1.165, 1.54) is 0 Å². The summed E-state index contributed by atoms with van der Waals surface area (Å²) in [6, 6.07) is 0. The normalized spacial score (nSPS) is 0. The Kier molecular flexibility index (Phi) is 137. The van der Waals surface area contributed by atoms with Gasteiger partial charge in [-0.1, -0.05) is 0 Å². The molecule has 0 aliphatic carbocycles. The Balaban J connectivity index is 0. The first kappa shape index (κ1) is 31.1. The zero-order chi connectivity index (χ0) is 0. The maximum absolute atomic E-state index is 0. The molecule has 0 N–H and O–H groups in total. The van der Waals surface area contributed by atoms with Crippen LogP contribution >= 0.6 is 0 Å². The van der Waals surface area contributed by atoms with Crippen molar-refractivity contribution in [3.63, 3.8) is 0 Å². The van der Waals surface area contributed by atoms with Crippen LogP contribution in [0.15, 0.2) is 0 Å². The van der Waals surface area contributed by atoms with Crippen molar-refractivity contribution < 1.29 is 61.8 Å². The van der Waals surface area contributed by atoms with Gasteiger partial charge in [-0.25, -0.2) is 0 Å². The smallest absolute Gasteiger partial charge is 0 e. The summed E-state index contributed by atoms with van der Waals surface area (Å²) in [5.41, 5.74) is 0. The van der Waals surface area contributed by atoms with Gasteiger partial charge in [0.1, 0.15) is 0 Å². The Hall–Kier alpha value is 2.54. The maximum atomic E-state index is 0. The summed E-state index contributed by atoms with van der Waals surface area (Å²) in [6.07, 6.45) is 0. The third-order valence-electron chi connectivity index (χ3n) is 0. The molecule has 0 bridgehead atoms. The number of hydrogen-bond acceptors (Lipinski definition) is 0. The summed E-state index contributed by atoms with van der Waals surface area (Å²) >= 11 is 0. The molecule has 0 heterocycles. The fourth-order valence-electron chi connectivity index (χ4n) is 0. The topological polar surface area (TPSA) is 0 Å². The van der Waals surface area contributed by atoms with Crippen LogP contribution in [0.25, 0.3) is 0 Å². The molecule has 0 spiro atoms. The second kappa shape index (κ2) is 17.7. The van der Waals surface area contributed by atoms with Crippen LogP contribution in [0.5, 0.6) is 0 Å². The first-order chi connectivity index (χ1) is 0. The molecule has 0 aromatic heterocycles. The van der Waals surface area contributed by atoms with Gasteiger partial charge in [0.05, 0.1) is 0 Å². The minimum Gasteiger partial charge on any atom is 0 e. The molecular formula is AgAuCuGe. The van der Waals surface area contributed by atoms with E-state index in [0.717, 1.165) is 0 Å². The third-order valence-corrected chi connectivity index (χ3v) is 0. The summed E-state index contributed by atoms with van der Waals surface area (Å²) in [4.78, 5) is 0. The molecule has 0 aliphatic heterocycles. The summed E-state index contributed by atoms with van der Waals surface area (Å²) in [5, 5.41) is 0. The number of rotatable bonds is 0. The van der Waals surface area contributed by atoms with Gasteiger partial charge in [0.15, 0.2) is 0 Å². The average Bonchev–Trinajstić information content (AvgIpc) is 0. The zero-order valence-corrected chi connectivity index (χ0v) is 8.09. The fourth-order valence-corrected chi connectivity index (χ4v) is 0. The largest absolute Gasteiger partial charge is 0 e. The standard InChI is InChI=1S/Ag.Au.Cu.Ge. The molecule has 4 heavy (non-hydrogen) atoms. The van der Waals surface area contributed by atoms with Crippen LogP contribution in [0.1, 0.15) is 0 Å². The molecule has 0 unspecified atom stereocenters. The molecule has 37 valence electrons. The summed E-state index contributed by atoms with van der Waals surface area (Å²) in [5.74, 6) is 0. The van der Waals surface area contributed by atoms with E-state index >= 15 is 0 Å². The van der Waals surface area contributed by atoms with E-state index < -0.39 is 0 Å². The third kappa shape index (κ3) is 8.82. The molecule has 0 aliphatic rings. The molecule has 0 aromatic rings. The van der Waals surface area contributed by atoms with Crippen molar-refractivity contribution in [1.29, 1.82) is 0 Å². The van der Waals surface area contributed by atoms with Gasteiger partial charge in [-0.15, -0.1) is 0 Å². The Labute approximate surface area is 78.3 Å². The van der Waals surface area contributed by atoms with Gasteiger partial charge in [-0.3, -0.25) is 0 Å². The first-order valence-electron chi connectivity index (χ1n) is 0. The van der Waals surface area contributed by atoms with Crippen LogP contribution in [-0.2, 0) is 61.8 Å². The van der Waals surface area contributed by atoms with Crippen LogP contribution in [0, 0.1) is 0 Å². The summed E-state index contributed by atoms with van der Waals surface area (Å²) in [6.45, 7) is 0. The molecular weight excluding hydrogens is 441 g/mol. The van der Waals surface area contributed by atoms with Crippen LogP contribution in [0.2, 0.25) is 0 Å². The molecule has 7 radical (unpaired) electrons. The van der Waals surface area contributed by atoms with E-state index in [9.17, 15) is 0 Å². The number of hydrogen-bond donors (Lipinski definition) is 0. The van der Waals surface area contributed by atoms with Crippen molar-refractivity contribution in [3.8, 4) is 0 Å². The van der Waals surface area contributed by atoms with Gasteiger partial charge >= 0.3 is 0 Å². The minimum absolute atomic E-state index is 0. The first-order valence-corrected chi connectivity index (χ1v) is 0. The van der Waals surface area contributed by atoms with Gasteiger partial charge in [0, 0.05) is 79.4 Å². The van der Waals surface area contributed by atoms with E-state index in [-0.39, 0.29) is 79.4 Å². The molecule has 0 rings (SSSR count). The van der Waals surface area contributed by atoms with Crippen molar-refractivity contribution in [2.24, 2.45) is 0 Å². The van der Waals surface area contributed by atoms with Gasteiger partial charge in [0.2, 0.25) is 0 Å². The minimum atomic E-state index is 0. The molecule has 0 saturated heterocycles. The van der Waals surface area contributed by atoms with E-state index in [2.05, 4.69) is 0 Å². The SMILES string of the molecule is [Ag].[Au].[Cu].[Ge]. The molecule has 0 nitrogen and oxygen atoms in total. The van der Waals surface area contributed by atoms with Gasteiger partial charge in [0.25, 0.3) is 0 Å². The van der Waals surface area contributed by atoms with Gasteiger partial charge in [-0.05, 0) is 0 Å². The molecule has 0 atom stereocenters. The van der Waals surface area contributed by atoms with Crippen LogP contribution in [-0.4, -0.2) is 17.6 Å². The Morgan fingerprint density at radius 1 is 1.00 bits per heavy atom. The van der Waals surface area contributed by atoms with E-state index in [1.54, 1.807) is 0 Å². The molecule has 0 aromatic carbocycles. The summed E-state index contributed by atoms with van der Waals surface area (Å²) < 4.78 is 0. The van der Waals surface area contributed by atoms with E-state index in [4.69, 9.17) is 0 Å². The van der Waals surface area contributed by atoms with Crippen molar-refractivity contribution in [3.05, 3.63) is 0 Å². The quantitative estimate of drug-likeness (QED) is 0.450. The monoisotopic (exact) mass is 441 g/mol. The Morgan fingerprint density at radius 2 is 1.00 bits per heavy atom. The molecule has 0 amide bonds. The predicted molar refractivity (Wildman–Crippen MR) is 5.75 cm³/mol. The molecule has 0 fully saturated rings. The van der Waals surface area contributed by atoms with Crippen LogP contribution in [0.3, 0.4) is 0 Å². The Bertz CT molecular complexity index is 8.00. The zero-order valence-electron chi connectivity index (χ0n) is 1.40. The maximum Gasteiger partial charge on any atom is 0 e. The fraction of sp³-hybridized carbons (Fsp3) is 0. The van der Waals surface area contributed by atoms with Crippen molar-refractivity contribution in [2.45, 2.75) is 0 Å². The summed E-state index contributed by atoms with van der Waals surface area (Å²) in [7, 11) is 0. The van der Waals surface area contributed by atoms with Gasteiger partial charge < -0.3 is 0 Å². The predicted octanol–water partition coefficient (Wildman–Crippen LogP) is -0.388. The molecule has 0 saturated carbocycles. The van der Waals surface area contributed by atoms with E-state index in [0.29, 0.717) is 0 Å². The van der Waals surface area contributed by atoms with Crippen LogP contribution < -0.4 is 0 Å². The Morgan fingerprint density at radius 3 is 1.00 bits per heavy atom. The second-order valence-electron chi connectivity index (χ2n) is 0. The van der Waals surface area contributed by atoms with Gasteiger partial charge in [-0.2, -0.15) is 0 Å². The van der Waals surface area contributed by atoms with Crippen molar-refractivity contribution in [2.75, 3.05) is 0 Å². The van der Waals surface area contributed by atoms with Crippen molar-refractivity contribution in [1.82, 2.24) is 0 Å². The average molecular weight is 441 g/mol. The molecule has 4 heteroatoms. The van der Waals surface area contributed by atoms with E-state index in [1.807, 2.05) is 0 Å². The van der Waals surface area contributed by atoms with Crippen LogP contribution in [0.4, 0.5) is 0 Å².